The Morgan fingerprint density at radius 2 is 2.00 bits per heavy atom. The minimum atomic E-state index is -0.523. The maximum Gasteiger partial charge on any atom is 0.319 e. The van der Waals surface area contributed by atoms with Crippen LogP contribution in [0.1, 0.15) is 18.2 Å². The van der Waals surface area contributed by atoms with Gasteiger partial charge < -0.3 is 4.74 Å². The number of nitrogens with zero attached hydrogens (tertiary/aromatic N) is 3. The van der Waals surface area contributed by atoms with E-state index in [1.54, 1.807) is 31.3 Å². The van der Waals surface area contributed by atoms with E-state index in [2.05, 4.69) is 4.98 Å². The number of benzene rings is 1. The number of rotatable bonds is 6. The standard InChI is InChI=1S/C19H17N3O5S/c1-12-3-8-17-20-14(9-18(23)21(17)10-12)11-27-19(24)13(2)28-16-6-4-15(5-7-16)22(25)26/h3-10,13H,11H2,1-2H3/t13-/m0/s1. The van der Waals surface area contributed by atoms with Crippen molar-refractivity contribution in [3.63, 3.8) is 0 Å². The smallest absolute Gasteiger partial charge is 0.319 e. The Bertz CT molecular complexity index is 1090. The Hall–Kier alpha value is -3.20. The number of ether oxygens (including phenoxy) is 1. The Kier molecular flexibility index (Phi) is 5.74. The molecule has 0 saturated carbocycles. The van der Waals surface area contributed by atoms with Crippen LogP contribution >= 0.6 is 11.8 Å². The summed E-state index contributed by atoms with van der Waals surface area (Å²) >= 11 is 1.23. The molecule has 9 heteroatoms. The number of carbonyl (C=O) groups is 1. The topological polar surface area (TPSA) is 104 Å². The minimum absolute atomic E-state index is 0.0107. The molecule has 0 amide bonds. The first-order valence-corrected chi connectivity index (χ1v) is 9.28. The van der Waals surface area contributed by atoms with Crippen molar-refractivity contribution in [2.75, 3.05) is 0 Å². The van der Waals surface area contributed by atoms with Crippen LogP contribution in [-0.4, -0.2) is 25.5 Å². The molecule has 0 aliphatic heterocycles. The van der Waals surface area contributed by atoms with E-state index in [0.29, 0.717) is 16.2 Å². The van der Waals surface area contributed by atoms with E-state index >= 15 is 0 Å². The fourth-order valence-corrected chi connectivity index (χ4v) is 3.36. The third kappa shape index (κ3) is 4.55. The molecular formula is C19H17N3O5S. The molecular weight excluding hydrogens is 382 g/mol. The number of carbonyl (C=O) groups excluding carboxylic acids is 1. The number of thioether (sulfide) groups is 1. The number of aryl methyl sites for hydroxylation is 1. The molecule has 0 N–H and O–H groups in total. The molecule has 2 aromatic heterocycles. The average Bonchev–Trinajstić information content (AvgIpc) is 2.67. The second-order valence-corrected chi connectivity index (χ2v) is 7.55. The zero-order valence-corrected chi connectivity index (χ0v) is 16.0. The second kappa shape index (κ2) is 8.22. The number of nitro benzene ring substituents is 1. The summed E-state index contributed by atoms with van der Waals surface area (Å²) in [6, 6.07) is 10.9. The summed E-state index contributed by atoms with van der Waals surface area (Å²) in [6.07, 6.45) is 1.70. The Morgan fingerprint density at radius 3 is 2.68 bits per heavy atom. The normalized spacial score (nSPS) is 11.9. The van der Waals surface area contributed by atoms with Gasteiger partial charge in [-0.1, -0.05) is 6.07 Å². The maximum absolute atomic E-state index is 12.2. The SMILES string of the molecule is Cc1ccc2nc(COC(=O)[C@H](C)Sc3ccc([N+](=O)[O-])cc3)cc(=O)n2c1. The highest BCUT2D eigenvalue weighted by atomic mass is 32.2. The van der Waals surface area contributed by atoms with Crippen LogP contribution in [0.2, 0.25) is 0 Å². The Labute approximate surface area is 164 Å². The number of aromatic nitrogens is 2. The summed E-state index contributed by atoms with van der Waals surface area (Å²) in [7, 11) is 0. The maximum atomic E-state index is 12.2. The van der Waals surface area contributed by atoms with Gasteiger partial charge in [-0.2, -0.15) is 0 Å². The highest BCUT2D eigenvalue weighted by Crippen LogP contribution is 2.26. The molecule has 0 fully saturated rings. The first kappa shape index (κ1) is 19.6. The van der Waals surface area contributed by atoms with Gasteiger partial charge in [-0.25, -0.2) is 4.98 Å². The van der Waals surface area contributed by atoms with Gasteiger partial charge in [0.2, 0.25) is 0 Å². The van der Waals surface area contributed by atoms with Crippen LogP contribution < -0.4 is 5.56 Å². The average molecular weight is 399 g/mol. The van der Waals surface area contributed by atoms with Crippen LogP contribution in [0.15, 0.2) is 58.4 Å². The van der Waals surface area contributed by atoms with Gasteiger partial charge in [-0.15, -0.1) is 11.8 Å². The molecule has 0 radical (unpaired) electrons. The van der Waals surface area contributed by atoms with E-state index in [9.17, 15) is 19.7 Å². The van der Waals surface area contributed by atoms with E-state index in [4.69, 9.17) is 4.74 Å². The largest absolute Gasteiger partial charge is 0.458 e. The van der Waals surface area contributed by atoms with Gasteiger partial charge in [-0.05, 0) is 37.6 Å². The predicted molar refractivity (Wildman–Crippen MR) is 104 cm³/mol. The zero-order valence-electron chi connectivity index (χ0n) is 15.2. The van der Waals surface area contributed by atoms with Crippen LogP contribution in [0.4, 0.5) is 5.69 Å². The first-order valence-electron chi connectivity index (χ1n) is 8.40. The molecule has 0 spiro atoms. The summed E-state index contributed by atoms with van der Waals surface area (Å²) in [6.45, 7) is 3.45. The number of esters is 1. The van der Waals surface area contributed by atoms with Gasteiger partial charge in [0, 0.05) is 29.3 Å². The molecule has 28 heavy (non-hydrogen) atoms. The highest BCUT2D eigenvalue weighted by molar-refractivity contribution is 8.00. The van der Waals surface area contributed by atoms with Crippen molar-refractivity contribution >= 4 is 29.1 Å². The monoisotopic (exact) mass is 399 g/mol. The molecule has 8 nitrogen and oxygen atoms in total. The lowest BCUT2D eigenvalue weighted by Crippen LogP contribution is -2.19. The lowest BCUT2D eigenvalue weighted by atomic mass is 10.3. The van der Waals surface area contributed by atoms with Crippen molar-refractivity contribution < 1.29 is 14.5 Å². The lowest BCUT2D eigenvalue weighted by Gasteiger charge is -2.11. The van der Waals surface area contributed by atoms with Gasteiger partial charge >= 0.3 is 5.97 Å². The van der Waals surface area contributed by atoms with Crippen LogP contribution in [-0.2, 0) is 16.1 Å². The molecule has 3 rings (SSSR count). The van der Waals surface area contributed by atoms with Crippen molar-refractivity contribution in [1.29, 1.82) is 0 Å². The number of nitro groups is 1. The number of pyridine rings is 1. The van der Waals surface area contributed by atoms with Gasteiger partial charge in [0.15, 0.2) is 0 Å². The first-order chi connectivity index (χ1) is 13.3. The van der Waals surface area contributed by atoms with Crippen LogP contribution in [0.3, 0.4) is 0 Å². The van der Waals surface area contributed by atoms with Crippen molar-refractivity contribution in [2.45, 2.75) is 30.6 Å². The fourth-order valence-electron chi connectivity index (χ4n) is 2.49. The molecule has 0 aliphatic carbocycles. The van der Waals surface area contributed by atoms with Gasteiger partial charge in [0.05, 0.1) is 10.6 Å². The number of hydrogen-bond donors (Lipinski definition) is 0. The van der Waals surface area contributed by atoms with E-state index in [1.807, 2.05) is 13.0 Å². The van der Waals surface area contributed by atoms with Crippen molar-refractivity contribution in [3.8, 4) is 0 Å². The third-order valence-corrected chi connectivity index (χ3v) is 5.01. The number of non-ortho nitro benzene ring substituents is 1. The molecule has 3 aromatic rings. The minimum Gasteiger partial charge on any atom is -0.458 e. The summed E-state index contributed by atoms with van der Waals surface area (Å²) in [5, 5.41) is 10.2. The molecule has 0 unspecified atom stereocenters. The van der Waals surface area contributed by atoms with E-state index in [0.717, 1.165) is 5.56 Å². The summed E-state index contributed by atoms with van der Waals surface area (Å²) in [4.78, 5) is 39.7. The van der Waals surface area contributed by atoms with Crippen LogP contribution in [0.5, 0.6) is 0 Å². The molecule has 0 aliphatic rings. The summed E-state index contributed by atoms with van der Waals surface area (Å²) < 4.78 is 6.71. The molecule has 1 aromatic carbocycles. The summed E-state index contributed by atoms with van der Waals surface area (Å²) in [5.41, 5.74) is 1.54. The molecule has 0 saturated heterocycles. The quantitative estimate of drug-likeness (QED) is 0.271. The molecule has 2 heterocycles. The lowest BCUT2D eigenvalue weighted by molar-refractivity contribution is -0.384. The van der Waals surface area contributed by atoms with Crippen LogP contribution in [0.25, 0.3) is 5.65 Å². The van der Waals surface area contributed by atoms with E-state index in [1.165, 1.54) is 34.4 Å². The van der Waals surface area contributed by atoms with Crippen molar-refractivity contribution in [1.82, 2.24) is 9.38 Å². The number of hydrogen-bond acceptors (Lipinski definition) is 7. The Morgan fingerprint density at radius 1 is 1.29 bits per heavy atom. The van der Waals surface area contributed by atoms with Gasteiger partial charge in [0.25, 0.3) is 11.2 Å². The van der Waals surface area contributed by atoms with E-state index in [-0.39, 0.29) is 17.9 Å². The van der Waals surface area contributed by atoms with Gasteiger partial charge in [-0.3, -0.25) is 24.1 Å². The van der Waals surface area contributed by atoms with Gasteiger partial charge in [0.1, 0.15) is 17.5 Å². The summed E-state index contributed by atoms with van der Waals surface area (Å²) in [5.74, 6) is -0.464. The Balaban J connectivity index is 1.63. The zero-order chi connectivity index (χ0) is 20.3. The fraction of sp³-hybridized carbons (Fsp3) is 0.211. The van der Waals surface area contributed by atoms with Crippen LogP contribution in [0, 0.1) is 17.0 Å². The highest BCUT2D eigenvalue weighted by Gasteiger charge is 2.17. The van der Waals surface area contributed by atoms with Crippen molar-refractivity contribution in [2.24, 2.45) is 0 Å². The molecule has 0 bridgehead atoms. The third-order valence-electron chi connectivity index (χ3n) is 3.92. The second-order valence-electron chi connectivity index (χ2n) is 6.14. The predicted octanol–water partition coefficient (Wildman–Crippen LogP) is 3.14. The molecule has 144 valence electrons. The molecule has 1 atom stereocenters. The van der Waals surface area contributed by atoms with Crippen molar-refractivity contribution in [3.05, 3.63) is 80.4 Å². The van der Waals surface area contributed by atoms with E-state index < -0.39 is 16.1 Å². The number of fused-ring (bicyclic) bond motifs is 1.